The van der Waals surface area contributed by atoms with Crippen LogP contribution in [0.15, 0.2) is 18.2 Å². The van der Waals surface area contributed by atoms with Crippen molar-refractivity contribution in [1.29, 1.82) is 0 Å². The topological polar surface area (TPSA) is 47.6 Å². The van der Waals surface area contributed by atoms with E-state index < -0.39 is 5.60 Å². The summed E-state index contributed by atoms with van der Waals surface area (Å²) in [5.41, 5.74) is 0.898. The third-order valence-electron chi connectivity index (χ3n) is 3.21. The van der Waals surface area contributed by atoms with Crippen molar-refractivity contribution >= 4 is 11.6 Å². The van der Waals surface area contributed by atoms with Gasteiger partial charge in [-0.3, -0.25) is 4.79 Å². The first-order valence-electron chi connectivity index (χ1n) is 5.98. The largest absolute Gasteiger partial charge is 0.495 e. The first-order valence-corrected chi connectivity index (χ1v) is 5.98. The predicted molar refractivity (Wildman–Crippen MR) is 72.1 cm³/mol. The monoisotopic (exact) mass is 251 g/mol. The van der Waals surface area contributed by atoms with Crippen molar-refractivity contribution in [2.45, 2.75) is 32.8 Å². The molecule has 0 saturated carbocycles. The highest BCUT2D eigenvalue weighted by atomic mass is 16.5. The summed E-state index contributed by atoms with van der Waals surface area (Å²) in [5.74, 6) is 0.472. The molecular formula is C14H21NO3. The molecule has 1 rings (SSSR count). The molecule has 4 nitrogen and oxygen atoms in total. The number of anilines is 1. The molecule has 0 saturated heterocycles. The molecule has 0 bridgehead atoms. The first-order chi connectivity index (χ1) is 8.46. The van der Waals surface area contributed by atoms with Gasteiger partial charge in [-0.15, -0.1) is 0 Å². The number of rotatable bonds is 5. The van der Waals surface area contributed by atoms with Gasteiger partial charge in [-0.1, -0.05) is 13.0 Å². The average Bonchev–Trinajstić information content (AvgIpc) is 2.38. The van der Waals surface area contributed by atoms with Gasteiger partial charge in [0.25, 0.3) is 5.91 Å². The zero-order valence-electron chi connectivity index (χ0n) is 11.7. The van der Waals surface area contributed by atoms with E-state index in [4.69, 9.17) is 9.47 Å². The van der Waals surface area contributed by atoms with Crippen LogP contribution >= 0.6 is 0 Å². The van der Waals surface area contributed by atoms with E-state index in [2.05, 4.69) is 5.32 Å². The second-order valence-electron chi connectivity index (χ2n) is 4.45. The molecular weight excluding hydrogens is 230 g/mol. The van der Waals surface area contributed by atoms with Crippen LogP contribution in [0.1, 0.15) is 25.8 Å². The summed E-state index contributed by atoms with van der Waals surface area (Å²) in [6.45, 7) is 5.64. The summed E-state index contributed by atoms with van der Waals surface area (Å²) in [5, 5.41) is 2.86. The van der Waals surface area contributed by atoms with Crippen molar-refractivity contribution in [3.8, 4) is 5.75 Å². The van der Waals surface area contributed by atoms with E-state index in [-0.39, 0.29) is 5.91 Å². The maximum absolute atomic E-state index is 12.2. The number of carbonyl (C=O) groups is 1. The van der Waals surface area contributed by atoms with Crippen LogP contribution in [0.4, 0.5) is 5.69 Å². The number of hydrogen-bond donors (Lipinski definition) is 1. The molecule has 4 heteroatoms. The Kier molecular flexibility index (Phi) is 4.73. The summed E-state index contributed by atoms with van der Waals surface area (Å²) in [4.78, 5) is 12.2. The Morgan fingerprint density at radius 3 is 2.56 bits per heavy atom. The van der Waals surface area contributed by atoms with Gasteiger partial charge in [0, 0.05) is 7.11 Å². The number of aryl methyl sites for hydroxylation is 1. The van der Waals surface area contributed by atoms with E-state index in [0.29, 0.717) is 17.9 Å². The molecule has 0 spiro atoms. The number of ether oxygens (including phenoxy) is 2. The Bertz CT molecular complexity index is 425. The molecule has 0 heterocycles. The smallest absolute Gasteiger partial charge is 0.256 e. The van der Waals surface area contributed by atoms with E-state index in [1.165, 1.54) is 7.11 Å². The lowest BCUT2D eigenvalue weighted by Crippen LogP contribution is -2.41. The molecule has 0 fully saturated rings. The van der Waals surface area contributed by atoms with Crippen molar-refractivity contribution in [2.24, 2.45) is 0 Å². The minimum atomic E-state index is -0.825. The van der Waals surface area contributed by atoms with Crippen molar-refractivity contribution in [3.05, 3.63) is 23.8 Å². The highest BCUT2D eigenvalue weighted by Gasteiger charge is 2.31. The van der Waals surface area contributed by atoms with Gasteiger partial charge in [0.05, 0.1) is 12.8 Å². The van der Waals surface area contributed by atoms with Crippen molar-refractivity contribution < 1.29 is 14.3 Å². The third-order valence-corrected chi connectivity index (χ3v) is 3.21. The number of methoxy groups -OCH3 is 2. The fourth-order valence-corrected chi connectivity index (χ4v) is 1.57. The van der Waals surface area contributed by atoms with Crippen molar-refractivity contribution in [1.82, 2.24) is 0 Å². The summed E-state index contributed by atoms with van der Waals surface area (Å²) >= 11 is 0. The van der Waals surface area contributed by atoms with Gasteiger partial charge in [0.15, 0.2) is 0 Å². The van der Waals surface area contributed by atoms with E-state index in [9.17, 15) is 4.79 Å². The van der Waals surface area contributed by atoms with E-state index in [0.717, 1.165) is 5.56 Å². The molecule has 1 atom stereocenters. The highest BCUT2D eigenvalue weighted by molar-refractivity contribution is 5.98. The normalized spacial score (nSPS) is 13.8. The molecule has 1 unspecified atom stereocenters. The van der Waals surface area contributed by atoms with Crippen LogP contribution in [-0.2, 0) is 9.53 Å². The lowest BCUT2D eigenvalue weighted by Gasteiger charge is -2.25. The number of benzene rings is 1. The molecule has 1 amide bonds. The average molecular weight is 251 g/mol. The zero-order valence-corrected chi connectivity index (χ0v) is 11.7. The summed E-state index contributed by atoms with van der Waals surface area (Å²) in [6, 6.07) is 5.65. The molecule has 0 aliphatic carbocycles. The van der Waals surface area contributed by atoms with Gasteiger partial charge in [-0.05, 0) is 38.0 Å². The van der Waals surface area contributed by atoms with Gasteiger partial charge in [0.1, 0.15) is 11.4 Å². The summed E-state index contributed by atoms with van der Waals surface area (Å²) in [6.07, 6.45) is 0.601. The molecule has 1 N–H and O–H groups in total. The zero-order chi connectivity index (χ0) is 13.8. The van der Waals surface area contributed by atoms with Gasteiger partial charge in [-0.2, -0.15) is 0 Å². The molecule has 1 aromatic carbocycles. The minimum Gasteiger partial charge on any atom is -0.495 e. The van der Waals surface area contributed by atoms with Gasteiger partial charge < -0.3 is 14.8 Å². The standard InChI is InChI=1S/C14H21NO3/c1-6-14(3,18-5)13(16)15-11-9-10(2)7-8-12(11)17-4/h7-9H,6H2,1-5H3,(H,15,16). The van der Waals surface area contributed by atoms with Crippen LogP contribution in [0.5, 0.6) is 5.75 Å². The summed E-state index contributed by atoms with van der Waals surface area (Å²) in [7, 11) is 3.12. The van der Waals surface area contributed by atoms with Crippen molar-refractivity contribution in [2.75, 3.05) is 19.5 Å². The molecule has 1 aromatic rings. The highest BCUT2D eigenvalue weighted by Crippen LogP contribution is 2.27. The minimum absolute atomic E-state index is 0.170. The Balaban J connectivity index is 2.97. The molecule has 100 valence electrons. The van der Waals surface area contributed by atoms with E-state index in [1.54, 1.807) is 14.0 Å². The fraction of sp³-hybridized carbons (Fsp3) is 0.500. The van der Waals surface area contributed by atoms with Gasteiger partial charge >= 0.3 is 0 Å². The Labute approximate surface area is 108 Å². The lowest BCUT2D eigenvalue weighted by atomic mass is 10.0. The maximum atomic E-state index is 12.2. The first kappa shape index (κ1) is 14.5. The molecule has 0 aliphatic heterocycles. The second-order valence-corrected chi connectivity index (χ2v) is 4.45. The fourth-order valence-electron chi connectivity index (χ4n) is 1.57. The van der Waals surface area contributed by atoms with Crippen LogP contribution in [0.2, 0.25) is 0 Å². The molecule has 0 aliphatic rings. The number of amides is 1. The molecule has 0 radical (unpaired) electrons. The third kappa shape index (κ3) is 3.01. The van der Waals surface area contributed by atoms with Gasteiger partial charge in [0.2, 0.25) is 0 Å². The van der Waals surface area contributed by atoms with Crippen LogP contribution < -0.4 is 10.1 Å². The second kappa shape index (κ2) is 5.87. The van der Waals surface area contributed by atoms with E-state index in [1.807, 2.05) is 32.0 Å². The van der Waals surface area contributed by atoms with Crippen LogP contribution in [-0.4, -0.2) is 25.7 Å². The molecule has 0 aromatic heterocycles. The molecule has 18 heavy (non-hydrogen) atoms. The Morgan fingerprint density at radius 1 is 1.39 bits per heavy atom. The predicted octanol–water partition coefficient (Wildman–Crippen LogP) is 2.76. The van der Waals surface area contributed by atoms with E-state index >= 15 is 0 Å². The van der Waals surface area contributed by atoms with Crippen LogP contribution in [0, 0.1) is 6.92 Å². The van der Waals surface area contributed by atoms with Crippen LogP contribution in [0.3, 0.4) is 0 Å². The lowest BCUT2D eigenvalue weighted by molar-refractivity contribution is -0.136. The van der Waals surface area contributed by atoms with Crippen LogP contribution in [0.25, 0.3) is 0 Å². The maximum Gasteiger partial charge on any atom is 0.256 e. The number of carbonyl (C=O) groups excluding carboxylic acids is 1. The Morgan fingerprint density at radius 2 is 2.06 bits per heavy atom. The van der Waals surface area contributed by atoms with Gasteiger partial charge in [-0.25, -0.2) is 0 Å². The number of hydrogen-bond acceptors (Lipinski definition) is 3. The SMILES string of the molecule is CCC(C)(OC)C(=O)Nc1cc(C)ccc1OC. The Hall–Kier alpha value is -1.55. The quantitative estimate of drug-likeness (QED) is 0.875. The number of nitrogens with one attached hydrogen (secondary N) is 1. The summed E-state index contributed by atoms with van der Waals surface area (Å²) < 4.78 is 10.5. The van der Waals surface area contributed by atoms with Crippen molar-refractivity contribution in [3.63, 3.8) is 0 Å².